The molecule has 0 aliphatic heterocycles. The molecule has 110 valence electrons. The Balaban J connectivity index is 2.82. The molecule has 0 heterocycles. The Bertz CT molecular complexity index is 490. The SMILES string of the molecule is CCN(CC(C)C(=O)O)C(=O)N(C)c1cccc(O)c1. The van der Waals surface area contributed by atoms with E-state index in [1.807, 2.05) is 0 Å². The number of carbonyl (C=O) groups is 2. The molecule has 0 saturated heterocycles. The van der Waals surface area contributed by atoms with Crippen molar-refractivity contribution in [3.8, 4) is 5.75 Å². The fourth-order valence-electron chi connectivity index (χ4n) is 1.78. The summed E-state index contributed by atoms with van der Waals surface area (Å²) in [6.07, 6.45) is 0. The molecule has 0 aliphatic carbocycles. The van der Waals surface area contributed by atoms with Crippen molar-refractivity contribution in [2.45, 2.75) is 13.8 Å². The Morgan fingerprint density at radius 3 is 2.50 bits per heavy atom. The minimum absolute atomic E-state index is 0.0732. The Kier molecular flexibility index (Phi) is 5.37. The summed E-state index contributed by atoms with van der Waals surface area (Å²) in [5, 5.41) is 18.3. The normalized spacial score (nSPS) is 11.8. The van der Waals surface area contributed by atoms with Crippen LogP contribution < -0.4 is 4.90 Å². The van der Waals surface area contributed by atoms with Gasteiger partial charge in [-0.05, 0) is 19.1 Å². The van der Waals surface area contributed by atoms with Crippen LogP contribution in [0.4, 0.5) is 10.5 Å². The second-order valence-electron chi connectivity index (χ2n) is 4.64. The molecule has 1 aromatic carbocycles. The number of benzene rings is 1. The second-order valence-corrected chi connectivity index (χ2v) is 4.64. The van der Waals surface area contributed by atoms with Crippen LogP contribution in [0, 0.1) is 5.92 Å². The molecule has 0 bridgehead atoms. The summed E-state index contributed by atoms with van der Waals surface area (Å²) in [5.41, 5.74) is 0.552. The second kappa shape index (κ2) is 6.79. The highest BCUT2D eigenvalue weighted by Gasteiger charge is 2.22. The van der Waals surface area contributed by atoms with E-state index in [1.54, 1.807) is 33.0 Å². The van der Waals surface area contributed by atoms with Crippen molar-refractivity contribution in [3.05, 3.63) is 24.3 Å². The summed E-state index contributed by atoms with van der Waals surface area (Å²) < 4.78 is 0. The average Bonchev–Trinajstić information content (AvgIpc) is 2.42. The van der Waals surface area contributed by atoms with Gasteiger partial charge in [0.25, 0.3) is 0 Å². The molecule has 0 aliphatic rings. The molecule has 20 heavy (non-hydrogen) atoms. The number of urea groups is 1. The van der Waals surface area contributed by atoms with E-state index < -0.39 is 11.9 Å². The smallest absolute Gasteiger partial charge is 0.324 e. The van der Waals surface area contributed by atoms with Crippen LogP contribution in [-0.2, 0) is 4.79 Å². The van der Waals surface area contributed by atoms with Gasteiger partial charge in [0.15, 0.2) is 0 Å². The highest BCUT2D eigenvalue weighted by atomic mass is 16.4. The molecule has 0 fully saturated rings. The van der Waals surface area contributed by atoms with Crippen LogP contribution in [0.3, 0.4) is 0 Å². The van der Waals surface area contributed by atoms with Crippen molar-refractivity contribution in [1.29, 1.82) is 0 Å². The summed E-state index contributed by atoms with van der Waals surface area (Å²) in [4.78, 5) is 26.0. The number of phenols is 1. The number of carboxylic acids is 1. The fourth-order valence-corrected chi connectivity index (χ4v) is 1.78. The lowest BCUT2D eigenvalue weighted by molar-refractivity contribution is -0.141. The number of aliphatic carboxylic acids is 1. The summed E-state index contributed by atoms with van der Waals surface area (Å²) in [6.45, 7) is 3.92. The molecule has 6 nitrogen and oxygen atoms in total. The average molecular weight is 280 g/mol. The van der Waals surface area contributed by atoms with E-state index >= 15 is 0 Å². The number of amides is 2. The molecule has 1 unspecified atom stereocenters. The summed E-state index contributed by atoms with van der Waals surface area (Å²) in [7, 11) is 1.59. The standard InChI is InChI=1S/C14H20N2O4/c1-4-16(9-10(2)13(18)19)14(20)15(3)11-6-5-7-12(17)8-11/h5-8,10,17H,4,9H2,1-3H3,(H,18,19). The maximum atomic E-state index is 12.3. The molecule has 0 aromatic heterocycles. The summed E-state index contributed by atoms with van der Waals surface area (Å²) in [5.74, 6) is -1.49. The molecule has 2 amide bonds. The Morgan fingerprint density at radius 2 is 2.00 bits per heavy atom. The number of rotatable bonds is 5. The van der Waals surface area contributed by atoms with E-state index in [0.29, 0.717) is 12.2 Å². The number of anilines is 1. The van der Waals surface area contributed by atoms with E-state index in [9.17, 15) is 14.7 Å². The van der Waals surface area contributed by atoms with Crippen LogP contribution in [0.1, 0.15) is 13.8 Å². The van der Waals surface area contributed by atoms with Crippen molar-refractivity contribution >= 4 is 17.7 Å². The topological polar surface area (TPSA) is 81.1 Å². The number of carboxylic acid groups (broad SMARTS) is 1. The van der Waals surface area contributed by atoms with Gasteiger partial charge in [0.1, 0.15) is 5.75 Å². The predicted molar refractivity (Wildman–Crippen MR) is 76.0 cm³/mol. The van der Waals surface area contributed by atoms with Gasteiger partial charge in [-0.25, -0.2) is 4.79 Å². The monoisotopic (exact) mass is 280 g/mol. The maximum Gasteiger partial charge on any atom is 0.324 e. The first-order valence-corrected chi connectivity index (χ1v) is 6.41. The predicted octanol–water partition coefficient (Wildman–Crippen LogP) is 1.99. The minimum atomic E-state index is -0.934. The number of hydrogen-bond donors (Lipinski definition) is 2. The van der Waals surface area contributed by atoms with Crippen LogP contribution in [0.25, 0.3) is 0 Å². The Labute approximate surface area is 118 Å². The van der Waals surface area contributed by atoms with Crippen molar-refractivity contribution in [2.24, 2.45) is 5.92 Å². The zero-order valence-corrected chi connectivity index (χ0v) is 11.9. The Morgan fingerprint density at radius 1 is 1.35 bits per heavy atom. The van der Waals surface area contributed by atoms with Crippen LogP contribution in [0.15, 0.2) is 24.3 Å². The number of phenolic OH excluding ortho intramolecular Hbond substituents is 1. The highest BCUT2D eigenvalue weighted by molar-refractivity contribution is 5.91. The van der Waals surface area contributed by atoms with Crippen molar-refractivity contribution in [1.82, 2.24) is 4.90 Å². The summed E-state index contributed by atoms with van der Waals surface area (Å²) in [6, 6.07) is 6.04. The number of nitrogens with zero attached hydrogens (tertiary/aromatic N) is 2. The van der Waals surface area contributed by atoms with Gasteiger partial charge in [-0.1, -0.05) is 13.0 Å². The molecule has 0 saturated carbocycles. The fraction of sp³-hybridized carbons (Fsp3) is 0.429. The molecule has 1 aromatic rings. The van der Waals surface area contributed by atoms with Gasteiger partial charge in [-0.15, -0.1) is 0 Å². The largest absolute Gasteiger partial charge is 0.508 e. The number of hydrogen-bond acceptors (Lipinski definition) is 3. The first-order chi connectivity index (χ1) is 9.36. The van der Waals surface area contributed by atoms with Gasteiger partial charge < -0.3 is 15.1 Å². The van der Waals surface area contributed by atoms with Crippen molar-refractivity contribution in [2.75, 3.05) is 25.0 Å². The maximum absolute atomic E-state index is 12.3. The van der Waals surface area contributed by atoms with Gasteiger partial charge in [0, 0.05) is 31.9 Å². The summed E-state index contributed by atoms with van der Waals surface area (Å²) >= 11 is 0. The molecule has 1 rings (SSSR count). The highest BCUT2D eigenvalue weighted by Crippen LogP contribution is 2.20. The van der Waals surface area contributed by atoms with Gasteiger partial charge >= 0.3 is 12.0 Å². The third kappa shape index (κ3) is 3.88. The van der Waals surface area contributed by atoms with Gasteiger partial charge in [-0.3, -0.25) is 9.69 Å². The van der Waals surface area contributed by atoms with Crippen LogP contribution in [-0.4, -0.2) is 47.3 Å². The van der Waals surface area contributed by atoms with Crippen LogP contribution >= 0.6 is 0 Å². The van der Waals surface area contributed by atoms with E-state index in [-0.39, 0.29) is 18.3 Å². The molecule has 6 heteroatoms. The lowest BCUT2D eigenvalue weighted by Gasteiger charge is -2.28. The molecule has 0 spiro atoms. The quantitative estimate of drug-likeness (QED) is 0.864. The van der Waals surface area contributed by atoms with Gasteiger partial charge in [0.05, 0.1) is 5.92 Å². The molecular weight excluding hydrogens is 260 g/mol. The zero-order chi connectivity index (χ0) is 15.3. The van der Waals surface area contributed by atoms with Gasteiger partial charge in [0.2, 0.25) is 0 Å². The lowest BCUT2D eigenvalue weighted by Crippen LogP contribution is -2.44. The number of carbonyl (C=O) groups excluding carboxylic acids is 1. The van der Waals surface area contributed by atoms with Crippen LogP contribution in [0.2, 0.25) is 0 Å². The van der Waals surface area contributed by atoms with Crippen LogP contribution in [0.5, 0.6) is 5.75 Å². The molecule has 1 atom stereocenters. The van der Waals surface area contributed by atoms with E-state index in [0.717, 1.165) is 0 Å². The lowest BCUT2D eigenvalue weighted by atomic mass is 10.2. The zero-order valence-electron chi connectivity index (χ0n) is 11.9. The van der Waals surface area contributed by atoms with Gasteiger partial charge in [-0.2, -0.15) is 0 Å². The third-order valence-corrected chi connectivity index (χ3v) is 3.07. The minimum Gasteiger partial charge on any atom is -0.508 e. The Hall–Kier alpha value is -2.24. The van der Waals surface area contributed by atoms with E-state index in [4.69, 9.17) is 5.11 Å². The van der Waals surface area contributed by atoms with E-state index in [2.05, 4.69) is 0 Å². The van der Waals surface area contributed by atoms with E-state index in [1.165, 1.54) is 21.9 Å². The molecular formula is C14H20N2O4. The number of aromatic hydroxyl groups is 1. The first-order valence-electron chi connectivity index (χ1n) is 6.41. The van der Waals surface area contributed by atoms with Crippen molar-refractivity contribution < 1.29 is 19.8 Å². The van der Waals surface area contributed by atoms with Crippen molar-refractivity contribution in [3.63, 3.8) is 0 Å². The first kappa shape index (κ1) is 15.8. The molecule has 2 N–H and O–H groups in total. The third-order valence-electron chi connectivity index (χ3n) is 3.07. The molecule has 0 radical (unpaired) electrons.